The van der Waals surface area contributed by atoms with Crippen LogP contribution in [0.2, 0.25) is 5.02 Å². The Morgan fingerprint density at radius 3 is 2.29 bits per heavy atom. The molecule has 3 aromatic carbocycles. The number of amides is 2. The van der Waals surface area contributed by atoms with Gasteiger partial charge in [-0.2, -0.15) is 0 Å². The number of rotatable bonds is 7. The van der Waals surface area contributed by atoms with Gasteiger partial charge in [-0.25, -0.2) is 0 Å². The van der Waals surface area contributed by atoms with Crippen molar-refractivity contribution in [2.24, 2.45) is 0 Å². The molecule has 1 aromatic heterocycles. The van der Waals surface area contributed by atoms with Crippen LogP contribution in [0.5, 0.6) is 0 Å². The van der Waals surface area contributed by atoms with Crippen molar-refractivity contribution >= 4 is 40.9 Å². The van der Waals surface area contributed by atoms with Gasteiger partial charge in [0.25, 0.3) is 0 Å². The van der Waals surface area contributed by atoms with Crippen LogP contribution in [-0.4, -0.2) is 11.8 Å². The van der Waals surface area contributed by atoms with Gasteiger partial charge in [-0.1, -0.05) is 54.1 Å². The van der Waals surface area contributed by atoms with E-state index in [1.807, 2.05) is 61.5 Å². The maximum Gasteiger partial charge on any atom is 0.248 e. The fourth-order valence-corrected chi connectivity index (χ4v) is 3.49. The van der Waals surface area contributed by atoms with Crippen molar-refractivity contribution in [1.29, 1.82) is 0 Å². The second-order valence-electron chi connectivity index (χ2n) is 7.78. The molecule has 0 aliphatic rings. The predicted octanol–water partition coefficient (Wildman–Crippen LogP) is 6.74. The fourth-order valence-electron chi connectivity index (χ4n) is 3.31. The average molecular weight is 471 g/mol. The number of nitrogens with one attached hydrogen (secondary N) is 2. The van der Waals surface area contributed by atoms with Crippen LogP contribution < -0.4 is 10.6 Å². The lowest BCUT2D eigenvalue weighted by Crippen LogP contribution is -2.14. The molecule has 0 aliphatic heterocycles. The van der Waals surface area contributed by atoms with Crippen LogP contribution in [0.3, 0.4) is 0 Å². The van der Waals surface area contributed by atoms with Crippen molar-refractivity contribution in [3.63, 3.8) is 0 Å². The Labute approximate surface area is 203 Å². The van der Waals surface area contributed by atoms with Crippen molar-refractivity contribution in [2.45, 2.75) is 13.3 Å². The number of aryl methyl sites for hydroxylation is 1. The number of carbonyl (C=O) groups excluding carboxylic acids is 2. The first-order valence-electron chi connectivity index (χ1n) is 10.8. The minimum atomic E-state index is -0.294. The number of anilines is 2. The van der Waals surface area contributed by atoms with Gasteiger partial charge in [-0.3, -0.25) is 9.59 Å². The molecular formula is C28H23ClN2O3. The Morgan fingerprint density at radius 1 is 0.882 bits per heavy atom. The summed E-state index contributed by atoms with van der Waals surface area (Å²) in [5, 5.41) is 6.31. The molecule has 170 valence electrons. The summed E-state index contributed by atoms with van der Waals surface area (Å²) >= 11 is 6.19. The van der Waals surface area contributed by atoms with Crippen LogP contribution in [0.15, 0.2) is 95.4 Å². The van der Waals surface area contributed by atoms with Crippen LogP contribution in [-0.2, 0) is 16.0 Å². The SMILES string of the molecule is Cc1ccc(-c2ccc(/C=C/C(=O)Nc3ccc(NC(=O)Cc4ccccc4)cc3)o2)cc1Cl. The van der Waals surface area contributed by atoms with Crippen molar-refractivity contribution in [2.75, 3.05) is 10.6 Å². The van der Waals surface area contributed by atoms with Gasteiger partial charge in [0.05, 0.1) is 6.42 Å². The molecule has 0 bridgehead atoms. The van der Waals surface area contributed by atoms with Crippen molar-refractivity contribution in [3.8, 4) is 11.3 Å². The molecular weight excluding hydrogens is 448 g/mol. The molecule has 34 heavy (non-hydrogen) atoms. The van der Waals surface area contributed by atoms with Crippen molar-refractivity contribution in [3.05, 3.63) is 113 Å². The summed E-state index contributed by atoms with van der Waals surface area (Å²) in [5.41, 5.74) is 4.09. The first kappa shape index (κ1) is 23.1. The highest BCUT2D eigenvalue weighted by molar-refractivity contribution is 6.31. The molecule has 0 saturated carbocycles. The van der Waals surface area contributed by atoms with Crippen LogP contribution in [0.1, 0.15) is 16.9 Å². The zero-order chi connectivity index (χ0) is 23.9. The van der Waals surface area contributed by atoms with Gasteiger partial charge < -0.3 is 15.1 Å². The minimum absolute atomic E-state index is 0.100. The number of benzene rings is 3. The molecule has 6 heteroatoms. The third kappa shape index (κ3) is 6.24. The highest BCUT2D eigenvalue weighted by atomic mass is 35.5. The molecule has 4 aromatic rings. The van der Waals surface area contributed by atoms with Crippen LogP contribution in [0.4, 0.5) is 11.4 Å². The third-order valence-electron chi connectivity index (χ3n) is 5.13. The Balaban J connectivity index is 1.30. The molecule has 5 nitrogen and oxygen atoms in total. The summed E-state index contributed by atoms with van der Waals surface area (Å²) in [6.45, 7) is 1.94. The largest absolute Gasteiger partial charge is 0.457 e. The highest BCUT2D eigenvalue weighted by Gasteiger charge is 2.07. The van der Waals surface area contributed by atoms with Gasteiger partial charge in [0.15, 0.2) is 0 Å². The first-order chi connectivity index (χ1) is 16.5. The number of hydrogen-bond acceptors (Lipinski definition) is 3. The number of hydrogen-bond donors (Lipinski definition) is 2. The summed E-state index contributed by atoms with van der Waals surface area (Å²) in [6.07, 6.45) is 3.31. The number of carbonyl (C=O) groups is 2. The lowest BCUT2D eigenvalue weighted by atomic mass is 10.1. The second-order valence-corrected chi connectivity index (χ2v) is 8.18. The highest BCUT2D eigenvalue weighted by Crippen LogP contribution is 2.27. The van der Waals surface area contributed by atoms with E-state index in [1.54, 1.807) is 36.4 Å². The van der Waals surface area contributed by atoms with Gasteiger partial charge in [-0.05, 0) is 66.6 Å². The van der Waals surface area contributed by atoms with E-state index in [1.165, 1.54) is 6.08 Å². The molecule has 0 aliphatic carbocycles. The molecule has 2 amide bonds. The molecule has 0 saturated heterocycles. The Hall–Kier alpha value is -4.09. The predicted molar refractivity (Wildman–Crippen MR) is 137 cm³/mol. The average Bonchev–Trinajstić information content (AvgIpc) is 3.30. The third-order valence-corrected chi connectivity index (χ3v) is 5.53. The molecule has 2 N–H and O–H groups in total. The maximum atomic E-state index is 12.3. The molecule has 4 rings (SSSR count). The van der Waals surface area contributed by atoms with Gasteiger partial charge in [0, 0.05) is 28.0 Å². The lowest BCUT2D eigenvalue weighted by molar-refractivity contribution is -0.115. The summed E-state index contributed by atoms with van der Waals surface area (Å²) in [6, 6.07) is 25.8. The molecule has 1 heterocycles. The standard InChI is InChI=1S/C28H23ClN2O3/c1-19-7-8-21(18-25(19)29)26-15-13-24(34-26)14-16-27(32)30-22-9-11-23(12-10-22)31-28(33)17-20-5-3-2-4-6-20/h2-16,18H,17H2,1H3,(H,30,32)(H,31,33)/b16-14+. The van der Waals surface area contributed by atoms with E-state index >= 15 is 0 Å². The van der Waals surface area contributed by atoms with Crippen molar-refractivity contribution < 1.29 is 14.0 Å². The van der Waals surface area contributed by atoms with Gasteiger partial charge >= 0.3 is 0 Å². The van der Waals surface area contributed by atoms with E-state index in [0.29, 0.717) is 34.3 Å². The van der Waals surface area contributed by atoms with E-state index in [9.17, 15) is 9.59 Å². The van der Waals surface area contributed by atoms with Gasteiger partial charge in [0.2, 0.25) is 11.8 Å². The van der Waals surface area contributed by atoms with E-state index < -0.39 is 0 Å². The molecule has 0 atom stereocenters. The van der Waals surface area contributed by atoms with Gasteiger partial charge in [-0.15, -0.1) is 0 Å². The van der Waals surface area contributed by atoms with E-state index in [2.05, 4.69) is 10.6 Å². The zero-order valence-electron chi connectivity index (χ0n) is 18.5. The Bertz CT molecular complexity index is 1330. The quantitative estimate of drug-likeness (QED) is 0.294. The van der Waals surface area contributed by atoms with Crippen LogP contribution >= 0.6 is 11.6 Å². The second kappa shape index (κ2) is 10.7. The van der Waals surface area contributed by atoms with Crippen LogP contribution in [0, 0.1) is 6.92 Å². The van der Waals surface area contributed by atoms with Crippen LogP contribution in [0.25, 0.3) is 17.4 Å². The topological polar surface area (TPSA) is 71.3 Å². The lowest BCUT2D eigenvalue weighted by Gasteiger charge is -2.07. The molecule has 0 spiro atoms. The minimum Gasteiger partial charge on any atom is -0.457 e. The normalized spacial score (nSPS) is 10.9. The monoisotopic (exact) mass is 470 g/mol. The molecule has 0 unspecified atom stereocenters. The van der Waals surface area contributed by atoms with Crippen molar-refractivity contribution in [1.82, 2.24) is 0 Å². The Morgan fingerprint density at radius 2 is 1.59 bits per heavy atom. The maximum absolute atomic E-state index is 12.3. The molecule has 0 radical (unpaired) electrons. The zero-order valence-corrected chi connectivity index (χ0v) is 19.3. The summed E-state index contributed by atoms with van der Waals surface area (Å²) in [5.74, 6) is 0.832. The first-order valence-corrected chi connectivity index (χ1v) is 11.1. The summed E-state index contributed by atoms with van der Waals surface area (Å²) in [7, 11) is 0. The molecule has 0 fully saturated rings. The number of halogens is 1. The Kier molecular flexibility index (Phi) is 7.25. The van der Waals surface area contributed by atoms with E-state index in [-0.39, 0.29) is 11.8 Å². The number of furan rings is 1. The summed E-state index contributed by atoms with van der Waals surface area (Å²) < 4.78 is 5.79. The van der Waals surface area contributed by atoms with E-state index in [0.717, 1.165) is 16.7 Å². The summed E-state index contributed by atoms with van der Waals surface area (Å²) in [4.78, 5) is 24.5. The fraction of sp³-hybridized carbons (Fsp3) is 0.0714. The van der Waals surface area contributed by atoms with Gasteiger partial charge in [0.1, 0.15) is 11.5 Å². The smallest absolute Gasteiger partial charge is 0.248 e. The van der Waals surface area contributed by atoms with E-state index in [4.69, 9.17) is 16.0 Å².